The summed E-state index contributed by atoms with van der Waals surface area (Å²) < 4.78 is 0. The van der Waals surface area contributed by atoms with E-state index in [1.165, 1.54) is 0 Å². The molecule has 0 aliphatic heterocycles. The predicted molar refractivity (Wildman–Crippen MR) is 36.3 cm³/mol. The van der Waals surface area contributed by atoms with E-state index in [2.05, 4.69) is 11.6 Å². The van der Waals surface area contributed by atoms with Gasteiger partial charge in [-0.2, -0.15) is 0 Å². The van der Waals surface area contributed by atoms with E-state index in [4.69, 9.17) is 5.21 Å². The van der Waals surface area contributed by atoms with E-state index in [0.29, 0.717) is 5.69 Å². The molecule has 3 N–H and O–H groups in total. The number of hydrogen-bond donors (Lipinski definition) is 3. The van der Waals surface area contributed by atoms with Crippen LogP contribution in [0.25, 0.3) is 6.08 Å². The molecule has 0 aliphatic rings. The van der Waals surface area contributed by atoms with Gasteiger partial charge in [-0.15, -0.1) is 0 Å². The Morgan fingerprint density at radius 1 is 1.78 bits per heavy atom. The molecule has 0 aromatic carbocycles. The average Bonchev–Trinajstić information content (AvgIpc) is 2.33. The van der Waals surface area contributed by atoms with Crippen molar-refractivity contribution < 1.29 is 5.21 Å². The van der Waals surface area contributed by atoms with Gasteiger partial charge in [-0.25, -0.2) is 0 Å². The van der Waals surface area contributed by atoms with Crippen LogP contribution in [-0.2, 0) is 0 Å². The Hall–Kier alpha value is -1.22. The second-order valence-electron chi connectivity index (χ2n) is 1.62. The maximum atomic E-state index is 8.42. The van der Waals surface area contributed by atoms with Crippen LogP contribution in [0.15, 0.2) is 18.8 Å². The van der Waals surface area contributed by atoms with Crippen molar-refractivity contribution in [2.45, 2.75) is 0 Å². The third-order valence-electron chi connectivity index (χ3n) is 1.10. The second-order valence-corrected chi connectivity index (χ2v) is 1.62. The van der Waals surface area contributed by atoms with Crippen molar-refractivity contribution >= 4 is 11.8 Å². The monoisotopic (exact) mass is 124 g/mol. The number of rotatable bonds is 2. The molecular weight excluding hydrogens is 116 g/mol. The predicted octanol–water partition coefficient (Wildman–Crippen LogP) is 1.46. The number of hydrogen-bond acceptors (Lipinski definition) is 2. The highest BCUT2D eigenvalue weighted by Crippen LogP contribution is 2.12. The number of anilines is 1. The molecule has 1 heterocycles. The van der Waals surface area contributed by atoms with Gasteiger partial charge in [-0.1, -0.05) is 6.58 Å². The molecule has 0 saturated heterocycles. The van der Waals surface area contributed by atoms with Gasteiger partial charge in [-0.05, 0) is 12.1 Å². The highest BCUT2D eigenvalue weighted by molar-refractivity contribution is 5.61. The zero-order valence-corrected chi connectivity index (χ0v) is 4.89. The summed E-state index contributed by atoms with van der Waals surface area (Å²) in [6.07, 6.45) is 3.34. The Labute approximate surface area is 53.0 Å². The number of aromatic amines is 1. The largest absolute Gasteiger partial charge is 0.360 e. The molecule has 1 aromatic heterocycles. The Balaban J connectivity index is 2.98. The molecule has 0 fully saturated rings. The van der Waals surface area contributed by atoms with Gasteiger partial charge in [0, 0.05) is 6.20 Å². The molecule has 3 heteroatoms. The Morgan fingerprint density at radius 2 is 2.56 bits per heavy atom. The van der Waals surface area contributed by atoms with Crippen molar-refractivity contribution in [3.63, 3.8) is 0 Å². The summed E-state index contributed by atoms with van der Waals surface area (Å²) in [5.41, 5.74) is 3.46. The van der Waals surface area contributed by atoms with Crippen molar-refractivity contribution in [2.24, 2.45) is 0 Å². The van der Waals surface area contributed by atoms with Gasteiger partial charge < -0.3 is 4.98 Å². The van der Waals surface area contributed by atoms with Crippen LogP contribution in [0.3, 0.4) is 0 Å². The number of H-pyrrole nitrogens is 1. The van der Waals surface area contributed by atoms with Gasteiger partial charge in [0.05, 0.1) is 11.4 Å². The number of aromatic nitrogens is 1. The molecule has 48 valence electrons. The van der Waals surface area contributed by atoms with Crippen LogP contribution < -0.4 is 5.48 Å². The van der Waals surface area contributed by atoms with Crippen LogP contribution in [0.4, 0.5) is 5.69 Å². The number of nitrogens with one attached hydrogen (secondary N) is 2. The van der Waals surface area contributed by atoms with Crippen molar-refractivity contribution in [2.75, 3.05) is 5.48 Å². The first kappa shape index (κ1) is 5.91. The minimum absolute atomic E-state index is 0.644. The fraction of sp³-hybridized carbons (Fsp3) is 0. The maximum Gasteiger partial charge on any atom is 0.0850 e. The van der Waals surface area contributed by atoms with E-state index in [1.807, 2.05) is 5.48 Å². The minimum atomic E-state index is 0.644. The molecule has 1 rings (SSSR count). The Kier molecular flexibility index (Phi) is 1.55. The lowest BCUT2D eigenvalue weighted by molar-refractivity contribution is 0.389. The third-order valence-corrected chi connectivity index (χ3v) is 1.10. The first-order valence-corrected chi connectivity index (χ1v) is 2.58. The summed E-state index contributed by atoms with van der Waals surface area (Å²) in [4.78, 5) is 2.87. The van der Waals surface area contributed by atoms with Gasteiger partial charge in [0.25, 0.3) is 0 Å². The minimum Gasteiger partial charge on any atom is -0.360 e. The molecule has 0 amide bonds. The standard InChI is InChI=1S/C6H8N2O/c1-2-5-6(8-9)3-4-7-5/h2-4,7-9H,1H2. The molecule has 9 heavy (non-hydrogen) atoms. The summed E-state index contributed by atoms with van der Waals surface area (Å²) >= 11 is 0. The molecule has 0 bridgehead atoms. The van der Waals surface area contributed by atoms with E-state index >= 15 is 0 Å². The third kappa shape index (κ3) is 0.948. The summed E-state index contributed by atoms with van der Waals surface area (Å²) in [6, 6.07) is 1.72. The lowest BCUT2D eigenvalue weighted by Crippen LogP contribution is -1.87. The van der Waals surface area contributed by atoms with Gasteiger partial charge in [0.2, 0.25) is 0 Å². The van der Waals surface area contributed by atoms with Gasteiger partial charge in [0.1, 0.15) is 0 Å². The lowest BCUT2D eigenvalue weighted by atomic mass is 10.4. The summed E-state index contributed by atoms with van der Waals surface area (Å²) in [5, 5.41) is 8.42. The summed E-state index contributed by atoms with van der Waals surface area (Å²) in [5.74, 6) is 0. The lowest BCUT2D eigenvalue weighted by Gasteiger charge is -1.93. The molecule has 1 aromatic rings. The van der Waals surface area contributed by atoms with E-state index in [0.717, 1.165) is 5.69 Å². The zero-order valence-electron chi connectivity index (χ0n) is 4.89. The average molecular weight is 124 g/mol. The van der Waals surface area contributed by atoms with Crippen LogP contribution >= 0.6 is 0 Å². The topological polar surface area (TPSA) is 48.0 Å². The zero-order chi connectivity index (χ0) is 6.69. The highest BCUT2D eigenvalue weighted by Gasteiger charge is 1.94. The van der Waals surface area contributed by atoms with E-state index < -0.39 is 0 Å². The van der Waals surface area contributed by atoms with Crippen molar-refractivity contribution in [1.82, 2.24) is 4.98 Å². The van der Waals surface area contributed by atoms with Gasteiger partial charge in [0.15, 0.2) is 0 Å². The van der Waals surface area contributed by atoms with Crippen LogP contribution in [0.5, 0.6) is 0 Å². The fourth-order valence-corrected chi connectivity index (χ4v) is 0.649. The second kappa shape index (κ2) is 2.37. The van der Waals surface area contributed by atoms with Crippen molar-refractivity contribution in [1.29, 1.82) is 0 Å². The summed E-state index contributed by atoms with van der Waals surface area (Å²) in [7, 11) is 0. The normalized spacial score (nSPS) is 9.00. The smallest absolute Gasteiger partial charge is 0.0850 e. The van der Waals surface area contributed by atoms with Crippen molar-refractivity contribution in [3.8, 4) is 0 Å². The van der Waals surface area contributed by atoms with Crippen LogP contribution in [-0.4, -0.2) is 10.2 Å². The van der Waals surface area contributed by atoms with Gasteiger partial charge in [-0.3, -0.25) is 10.7 Å². The Bertz CT molecular complexity index is 205. The molecular formula is C6H8N2O. The van der Waals surface area contributed by atoms with Crippen LogP contribution in [0, 0.1) is 0 Å². The molecule has 0 spiro atoms. The van der Waals surface area contributed by atoms with Crippen molar-refractivity contribution in [3.05, 3.63) is 24.5 Å². The molecule has 3 nitrogen and oxygen atoms in total. The van der Waals surface area contributed by atoms with E-state index in [-0.39, 0.29) is 0 Å². The van der Waals surface area contributed by atoms with Crippen LogP contribution in [0.1, 0.15) is 5.69 Å². The van der Waals surface area contributed by atoms with Gasteiger partial charge >= 0.3 is 0 Å². The first-order chi connectivity index (χ1) is 4.38. The van der Waals surface area contributed by atoms with E-state index in [1.54, 1.807) is 18.3 Å². The molecule has 0 aliphatic carbocycles. The molecule has 0 saturated carbocycles. The van der Waals surface area contributed by atoms with E-state index in [9.17, 15) is 0 Å². The molecule has 0 atom stereocenters. The SMILES string of the molecule is C=Cc1[nH]ccc1NO. The Morgan fingerprint density at radius 3 is 3.00 bits per heavy atom. The molecule has 0 unspecified atom stereocenters. The summed E-state index contributed by atoms with van der Waals surface area (Å²) in [6.45, 7) is 3.53. The quantitative estimate of drug-likeness (QED) is 0.523. The highest BCUT2D eigenvalue weighted by atomic mass is 16.5. The first-order valence-electron chi connectivity index (χ1n) is 2.58. The molecule has 0 radical (unpaired) electrons. The fourth-order valence-electron chi connectivity index (χ4n) is 0.649. The maximum absolute atomic E-state index is 8.42. The van der Waals surface area contributed by atoms with Crippen LogP contribution in [0.2, 0.25) is 0 Å².